The summed E-state index contributed by atoms with van der Waals surface area (Å²) < 4.78 is 0. The molecule has 0 saturated carbocycles. The molecular weight excluding hydrogens is 376 g/mol. The van der Waals surface area contributed by atoms with Crippen molar-refractivity contribution >= 4 is 0 Å². The molecule has 4 aromatic rings. The molecule has 0 heterocycles. The van der Waals surface area contributed by atoms with Crippen LogP contribution in [0, 0.1) is 0 Å². The van der Waals surface area contributed by atoms with Gasteiger partial charge in [-0.1, -0.05) is 97.1 Å². The summed E-state index contributed by atoms with van der Waals surface area (Å²) in [7, 11) is 0. The molecule has 0 aromatic heterocycles. The minimum Gasteiger partial charge on any atom is -0.320 e. The zero-order valence-electron chi connectivity index (χ0n) is 18.0. The molecule has 0 radical (unpaired) electrons. The maximum atomic E-state index is 6.16. The summed E-state index contributed by atoms with van der Waals surface area (Å²) >= 11 is 0. The Labute approximate surface area is 184 Å². The fourth-order valence-electron chi connectivity index (χ4n) is 4.86. The van der Waals surface area contributed by atoms with Gasteiger partial charge in [0, 0.05) is 6.04 Å². The molecule has 0 aliphatic heterocycles. The Kier molecular flexibility index (Phi) is 5.19. The molecule has 2 aliphatic carbocycles. The largest absolute Gasteiger partial charge is 0.320 e. The van der Waals surface area contributed by atoms with Gasteiger partial charge in [0.25, 0.3) is 0 Å². The van der Waals surface area contributed by atoms with Crippen LogP contribution in [0.5, 0.6) is 0 Å². The van der Waals surface area contributed by atoms with E-state index in [1.165, 1.54) is 44.5 Å². The van der Waals surface area contributed by atoms with Crippen LogP contribution in [0.15, 0.2) is 97.1 Å². The van der Waals surface area contributed by atoms with Crippen molar-refractivity contribution in [1.29, 1.82) is 0 Å². The fraction of sp³-hybridized carbons (Fsp3) is 0.172. The van der Waals surface area contributed by atoms with Gasteiger partial charge in [0.15, 0.2) is 0 Å². The molecule has 31 heavy (non-hydrogen) atoms. The highest BCUT2D eigenvalue weighted by molar-refractivity contribution is 5.79. The fourth-order valence-corrected chi connectivity index (χ4v) is 4.86. The van der Waals surface area contributed by atoms with Gasteiger partial charge in [0.1, 0.15) is 0 Å². The maximum Gasteiger partial charge on any atom is 0.0590 e. The molecule has 6 rings (SSSR count). The van der Waals surface area contributed by atoms with E-state index in [2.05, 4.69) is 104 Å². The molecule has 154 valence electrons. The van der Waals surface area contributed by atoms with E-state index in [1.54, 1.807) is 0 Å². The lowest BCUT2D eigenvalue weighted by Crippen LogP contribution is -2.27. The number of nitrogens with two attached hydrogens (primary N) is 1. The molecule has 3 N–H and O–H groups in total. The van der Waals surface area contributed by atoms with Gasteiger partial charge in [-0.15, -0.1) is 0 Å². The molecular formula is C29H28N2. The summed E-state index contributed by atoms with van der Waals surface area (Å²) in [6, 6.07) is 35.0. The number of benzene rings is 4. The van der Waals surface area contributed by atoms with Crippen molar-refractivity contribution in [3.63, 3.8) is 0 Å². The van der Waals surface area contributed by atoms with Crippen molar-refractivity contribution in [2.75, 3.05) is 0 Å². The molecule has 0 spiro atoms. The molecule has 2 heteroatoms. The minimum absolute atomic E-state index is 0.0578. The monoisotopic (exact) mass is 404 g/mol. The molecule has 0 amide bonds. The van der Waals surface area contributed by atoms with Gasteiger partial charge in [0.05, 0.1) is 12.1 Å². The summed E-state index contributed by atoms with van der Waals surface area (Å²) in [5, 5.41) is 3.65. The zero-order chi connectivity index (χ0) is 21.4. The summed E-state index contributed by atoms with van der Waals surface area (Å²) in [6.07, 6.45) is 0. The Balaban J connectivity index is 0.000000134. The minimum atomic E-state index is 0.0578. The Morgan fingerprint density at radius 1 is 0.548 bits per heavy atom. The quantitative estimate of drug-likeness (QED) is 0.402. The molecule has 0 fully saturated rings. The Hall–Kier alpha value is -3.20. The summed E-state index contributed by atoms with van der Waals surface area (Å²) in [4.78, 5) is 0. The van der Waals surface area contributed by atoms with Crippen LogP contribution in [-0.2, 0) is 0 Å². The lowest BCUT2D eigenvalue weighted by atomic mass is 10.0. The lowest BCUT2D eigenvalue weighted by molar-refractivity contribution is 0.535. The van der Waals surface area contributed by atoms with Gasteiger partial charge in [-0.25, -0.2) is 0 Å². The van der Waals surface area contributed by atoms with E-state index in [0.29, 0.717) is 12.1 Å². The Morgan fingerprint density at radius 2 is 0.871 bits per heavy atom. The standard InChI is InChI=1S/C16H17N.C13H11N/c1-11(2)17-16-14-9-5-3-7-12(14)13-8-4-6-10-15(13)16;14-13-11-7-3-1-5-9(11)10-6-2-4-8-12(10)13/h3-11,16-17H,1-2H3;1-8,13H,14H2. The van der Waals surface area contributed by atoms with E-state index in [9.17, 15) is 0 Å². The van der Waals surface area contributed by atoms with Crippen LogP contribution in [0.25, 0.3) is 22.3 Å². The summed E-state index contributed by atoms with van der Waals surface area (Å²) in [5.41, 5.74) is 16.8. The van der Waals surface area contributed by atoms with Gasteiger partial charge in [-0.05, 0) is 58.4 Å². The van der Waals surface area contributed by atoms with Gasteiger partial charge < -0.3 is 11.1 Å². The van der Waals surface area contributed by atoms with Crippen LogP contribution in [0.2, 0.25) is 0 Å². The predicted octanol–water partition coefficient (Wildman–Crippen LogP) is 6.47. The van der Waals surface area contributed by atoms with Crippen LogP contribution < -0.4 is 11.1 Å². The van der Waals surface area contributed by atoms with E-state index in [0.717, 1.165) is 0 Å². The third-order valence-electron chi connectivity index (χ3n) is 6.22. The average molecular weight is 405 g/mol. The van der Waals surface area contributed by atoms with E-state index < -0.39 is 0 Å². The SMILES string of the molecule is CC(C)NC1c2ccccc2-c2ccccc21.NC1c2ccccc2-c2ccccc21. The van der Waals surface area contributed by atoms with E-state index >= 15 is 0 Å². The van der Waals surface area contributed by atoms with Crippen molar-refractivity contribution in [2.45, 2.75) is 32.0 Å². The van der Waals surface area contributed by atoms with E-state index in [1.807, 2.05) is 12.1 Å². The smallest absolute Gasteiger partial charge is 0.0590 e. The first kappa shape index (κ1) is 19.7. The third-order valence-corrected chi connectivity index (χ3v) is 6.22. The van der Waals surface area contributed by atoms with Crippen LogP contribution >= 0.6 is 0 Å². The average Bonchev–Trinajstić information content (AvgIpc) is 3.28. The number of fused-ring (bicyclic) bond motifs is 6. The number of rotatable bonds is 2. The highest BCUT2D eigenvalue weighted by Crippen LogP contribution is 2.43. The van der Waals surface area contributed by atoms with Crippen LogP contribution in [0.4, 0.5) is 0 Å². The van der Waals surface area contributed by atoms with Gasteiger partial charge in [-0.3, -0.25) is 0 Å². The molecule has 0 saturated heterocycles. The second kappa shape index (κ2) is 8.14. The number of hydrogen-bond acceptors (Lipinski definition) is 2. The van der Waals surface area contributed by atoms with Crippen LogP contribution in [-0.4, -0.2) is 6.04 Å². The molecule has 2 aliphatic rings. The van der Waals surface area contributed by atoms with Gasteiger partial charge in [-0.2, -0.15) is 0 Å². The van der Waals surface area contributed by atoms with Crippen molar-refractivity contribution < 1.29 is 0 Å². The first-order chi connectivity index (χ1) is 15.1. The first-order valence-corrected chi connectivity index (χ1v) is 11.0. The Morgan fingerprint density at radius 3 is 1.26 bits per heavy atom. The summed E-state index contributed by atoms with van der Waals surface area (Å²) in [6.45, 7) is 4.40. The zero-order valence-corrected chi connectivity index (χ0v) is 18.0. The van der Waals surface area contributed by atoms with Crippen LogP contribution in [0.1, 0.15) is 48.2 Å². The van der Waals surface area contributed by atoms with Crippen molar-refractivity contribution in [3.8, 4) is 22.3 Å². The molecule has 4 aromatic carbocycles. The topological polar surface area (TPSA) is 38.0 Å². The second-order valence-electron chi connectivity index (χ2n) is 8.58. The normalized spacial score (nSPS) is 13.8. The van der Waals surface area contributed by atoms with Crippen molar-refractivity contribution in [2.24, 2.45) is 5.73 Å². The predicted molar refractivity (Wildman–Crippen MR) is 130 cm³/mol. The van der Waals surface area contributed by atoms with E-state index in [4.69, 9.17) is 5.73 Å². The molecule has 2 nitrogen and oxygen atoms in total. The van der Waals surface area contributed by atoms with Crippen molar-refractivity contribution in [1.82, 2.24) is 5.32 Å². The first-order valence-electron chi connectivity index (χ1n) is 11.0. The molecule has 0 atom stereocenters. The molecule has 0 bridgehead atoms. The highest BCUT2D eigenvalue weighted by atomic mass is 14.9. The van der Waals surface area contributed by atoms with Crippen molar-refractivity contribution in [3.05, 3.63) is 119 Å². The summed E-state index contributed by atoms with van der Waals surface area (Å²) in [5.74, 6) is 0. The number of hydrogen-bond donors (Lipinski definition) is 2. The van der Waals surface area contributed by atoms with Crippen LogP contribution in [0.3, 0.4) is 0 Å². The van der Waals surface area contributed by atoms with Gasteiger partial charge >= 0.3 is 0 Å². The number of nitrogens with one attached hydrogen (secondary N) is 1. The Bertz CT molecular complexity index is 1130. The third kappa shape index (κ3) is 3.48. The second-order valence-corrected chi connectivity index (χ2v) is 8.58. The molecule has 0 unspecified atom stereocenters. The maximum absolute atomic E-state index is 6.16. The highest BCUT2D eigenvalue weighted by Gasteiger charge is 2.28. The lowest BCUT2D eigenvalue weighted by Gasteiger charge is -2.18. The van der Waals surface area contributed by atoms with E-state index in [-0.39, 0.29) is 6.04 Å². The van der Waals surface area contributed by atoms with Gasteiger partial charge in [0.2, 0.25) is 0 Å².